The molecule has 0 fully saturated rings. The van der Waals surface area contributed by atoms with Gasteiger partial charge in [-0.3, -0.25) is 0 Å². The number of hydrogen-bond donors (Lipinski definition) is 1. The van der Waals surface area contributed by atoms with Crippen LogP contribution in [0.1, 0.15) is 16.3 Å². The quantitative estimate of drug-likeness (QED) is 0.677. The Morgan fingerprint density at radius 2 is 2.11 bits per heavy atom. The molecule has 2 rings (SSSR count). The molecular weight excluding hydrogens is 293 g/mol. The third-order valence-electron chi connectivity index (χ3n) is 2.35. The van der Waals surface area contributed by atoms with Crippen molar-refractivity contribution in [2.45, 2.75) is 23.7 Å². The van der Waals surface area contributed by atoms with Crippen LogP contribution in [0, 0.1) is 6.92 Å². The number of benzene rings is 1. The van der Waals surface area contributed by atoms with Crippen LogP contribution < -0.4 is 5.73 Å². The van der Waals surface area contributed by atoms with Crippen LogP contribution in [-0.2, 0) is 11.9 Å². The van der Waals surface area contributed by atoms with Gasteiger partial charge >= 0.3 is 6.18 Å². The first-order valence-electron chi connectivity index (χ1n) is 5.37. The van der Waals surface area contributed by atoms with Crippen molar-refractivity contribution < 1.29 is 13.2 Å². The van der Waals surface area contributed by atoms with E-state index in [9.17, 15) is 13.2 Å². The standard InChI is InChI=1S/C12H11F3N2S2/c1-7-5-19-11(17-7)6-18-10-3-2-8(4-9(10)16)12(13,14)15/h2-5H,6,16H2,1H3. The first-order chi connectivity index (χ1) is 8.86. The van der Waals surface area contributed by atoms with Crippen molar-refractivity contribution >= 4 is 28.8 Å². The Bertz CT molecular complexity index is 579. The van der Waals surface area contributed by atoms with Crippen LogP contribution in [0.2, 0.25) is 0 Å². The predicted octanol–water partition coefficient (Wildman–Crippen LogP) is 4.34. The topological polar surface area (TPSA) is 38.9 Å². The van der Waals surface area contributed by atoms with Crippen molar-refractivity contribution in [2.24, 2.45) is 0 Å². The molecule has 0 aliphatic rings. The Morgan fingerprint density at radius 1 is 1.37 bits per heavy atom. The Hall–Kier alpha value is -1.21. The Balaban J connectivity index is 2.09. The summed E-state index contributed by atoms with van der Waals surface area (Å²) >= 11 is 2.92. The fraction of sp³-hybridized carbons (Fsp3) is 0.250. The smallest absolute Gasteiger partial charge is 0.398 e. The second-order valence-electron chi connectivity index (χ2n) is 3.92. The molecule has 102 valence electrons. The number of nitrogens with two attached hydrogens (primary N) is 1. The van der Waals surface area contributed by atoms with Gasteiger partial charge in [0.1, 0.15) is 5.01 Å². The first-order valence-corrected chi connectivity index (χ1v) is 7.23. The predicted molar refractivity (Wildman–Crippen MR) is 72.3 cm³/mol. The van der Waals surface area contributed by atoms with Crippen LogP contribution >= 0.6 is 23.1 Å². The highest BCUT2D eigenvalue weighted by Crippen LogP contribution is 2.35. The van der Waals surface area contributed by atoms with E-state index < -0.39 is 11.7 Å². The molecule has 19 heavy (non-hydrogen) atoms. The normalized spacial score (nSPS) is 11.8. The van der Waals surface area contributed by atoms with Crippen molar-refractivity contribution in [3.63, 3.8) is 0 Å². The van der Waals surface area contributed by atoms with E-state index in [1.807, 2.05) is 12.3 Å². The zero-order valence-electron chi connectivity index (χ0n) is 9.99. The van der Waals surface area contributed by atoms with E-state index in [-0.39, 0.29) is 5.69 Å². The molecule has 0 aliphatic heterocycles. The largest absolute Gasteiger partial charge is 0.416 e. The summed E-state index contributed by atoms with van der Waals surface area (Å²) in [4.78, 5) is 4.93. The Kier molecular flexibility index (Phi) is 4.05. The summed E-state index contributed by atoms with van der Waals surface area (Å²) in [5.41, 5.74) is 6.02. The van der Waals surface area contributed by atoms with Gasteiger partial charge in [0.2, 0.25) is 0 Å². The molecule has 0 bridgehead atoms. The number of nitrogen functional groups attached to an aromatic ring is 1. The summed E-state index contributed by atoms with van der Waals surface area (Å²) in [5, 5.41) is 2.87. The third-order valence-corrected chi connectivity index (χ3v) is 4.60. The molecule has 0 spiro atoms. The molecule has 0 saturated heterocycles. The zero-order valence-corrected chi connectivity index (χ0v) is 11.6. The number of anilines is 1. The minimum absolute atomic E-state index is 0.146. The van der Waals surface area contributed by atoms with Gasteiger partial charge < -0.3 is 5.73 Å². The summed E-state index contributed by atoms with van der Waals surface area (Å²) in [5.74, 6) is 0.605. The minimum atomic E-state index is -4.36. The fourth-order valence-electron chi connectivity index (χ4n) is 1.46. The maximum absolute atomic E-state index is 12.5. The van der Waals surface area contributed by atoms with E-state index in [1.165, 1.54) is 29.2 Å². The minimum Gasteiger partial charge on any atom is -0.398 e. The van der Waals surface area contributed by atoms with E-state index in [0.29, 0.717) is 10.6 Å². The lowest BCUT2D eigenvalue weighted by Crippen LogP contribution is -2.05. The van der Waals surface area contributed by atoms with Gasteiger partial charge in [0.15, 0.2) is 0 Å². The molecule has 0 amide bonds. The van der Waals surface area contributed by atoms with Crippen LogP contribution in [0.4, 0.5) is 18.9 Å². The molecule has 1 heterocycles. The van der Waals surface area contributed by atoms with E-state index in [0.717, 1.165) is 22.8 Å². The monoisotopic (exact) mass is 304 g/mol. The van der Waals surface area contributed by atoms with Crippen LogP contribution in [0.25, 0.3) is 0 Å². The number of hydrogen-bond acceptors (Lipinski definition) is 4. The van der Waals surface area contributed by atoms with Crippen LogP contribution in [-0.4, -0.2) is 4.98 Å². The number of aryl methyl sites for hydroxylation is 1. The number of aromatic nitrogens is 1. The molecule has 1 aromatic heterocycles. The third kappa shape index (κ3) is 3.63. The van der Waals surface area contributed by atoms with Crippen molar-refractivity contribution in [2.75, 3.05) is 5.73 Å². The summed E-state index contributed by atoms with van der Waals surface area (Å²) in [6.45, 7) is 1.90. The van der Waals surface area contributed by atoms with Crippen LogP contribution in [0.5, 0.6) is 0 Å². The number of thioether (sulfide) groups is 1. The highest BCUT2D eigenvalue weighted by atomic mass is 32.2. The Labute approximate surface area is 116 Å². The second-order valence-corrected chi connectivity index (χ2v) is 5.88. The highest BCUT2D eigenvalue weighted by Gasteiger charge is 2.30. The lowest BCUT2D eigenvalue weighted by Gasteiger charge is -2.10. The molecule has 1 aromatic carbocycles. The molecule has 0 radical (unpaired) electrons. The first kappa shape index (κ1) is 14.2. The second kappa shape index (κ2) is 5.42. The molecule has 2 nitrogen and oxygen atoms in total. The SMILES string of the molecule is Cc1csc(CSc2ccc(C(F)(F)F)cc2N)n1. The molecule has 7 heteroatoms. The van der Waals surface area contributed by atoms with Gasteiger partial charge in [0.05, 0.1) is 11.3 Å². The number of rotatable bonds is 3. The lowest BCUT2D eigenvalue weighted by molar-refractivity contribution is -0.137. The van der Waals surface area contributed by atoms with Crippen molar-refractivity contribution in [1.82, 2.24) is 4.98 Å². The van der Waals surface area contributed by atoms with E-state index >= 15 is 0 Å². The van der Waals surface area contributed by atoms with Crippen LogP contribution in [0.3, 0.4) is 0 Å². The van der Waals surface area contributed by atoms with Gasteiger partial charge in [-0.1, -0.05) is 0 Å². The number of alkyl halides is 3. The maximum Gasteiger partial charge on any atom is 0.416 e. The molecule has 0 atom stereocenters. The fourth-order valence-corrected chi connectivity index (χ4v) is 3.20. The molecule has 2 N–H and O–H groups in total. The number of nitrogens with zero attached hydrogens (tertiary/aromatic N) is 1. The summed E-state index contributed by atoms with van der Waals surface area (Å²) in [7, 11) is 0. The van der Waals surface area contributed by atoms with Crippen molar-refractivity contribution in [1.29, 1.82) is 0 Å². The van der Waals surface area contributed by atoms with Gasteiger partial charge in [0.25, 0.3) is 0 Å². The van der Waals surface area contributed by atoms with Crippen LogP contribution in [0.15, 0.2) is 28.5 Å². The van der Waals surface area contributed by atoms with Gasteiger partial charge in [-0.2, -0.15) is 13.2 Å². The molecule has 2 aromatic rings. The maximum atomic E-state index is 12.5. The Morgan fingerprint density at radius 3 is 2.63 bits per heavy atom. The van der Waals surface area contributed by atoms with Crippen molar-refractivity contribution in [3.8, 4) is 0 Å². The number of thiazole rings is 1. The molecule has 0 saturated carbocycles. The van der Waals surface area contributed by atoms with Gasteiger partial charge in [-0.15, -0.1) is 23.1 Å². The summed E-state index contributed by atoms with van der Waals surface area (Å²) in [6.07, 6.45) is -4.36. The highest BCUT2D eigenvalue weighted by molar-refractivity contribution is 7.98. The molecule has 0 unspecified atom stereocenters. The van der Waals surface area contributed by atoms with Gasteiger partial charge in [-0.05, 0) is 25.1 Å². The van der Waals surface area contributed by atoms with E-state index in [1.54, 1.807) is 0 Å². The average Bonchev–Trinajstić information content (AvgIpc) is 2.72. The molecular formula is C12H11F3N2S2. The van der Waals surface area contributed by atoms with Gasteiger partial charge in [0, 0.05) is 21.7 Å². The summed E-state index contributed by atoms with van der Waals surface area (Å²) in [6, 6.07) is 3.42. The zero-order chi connectivity index (χ0) is 14.0. The average molecular weight is 304 g/mol. The van der Waals surface area contributed by atoms with E-state index in [2.05, 4.69) is 4.98 Å². The van der Waals surface area contributed by atoms with Gasteiger partial charge in [-0.25, -0.2) is 4.98 Å². The number of halogens is 3. The van der Waals surface area contributed by atoms with E-state index in [4.69, 9.17) is 5.73 Å². The summed E-state index contributed by atoms with van der Waals surface area (Å²) < 4.78 is 37.4. The lowest BCUT2D eigenvalue weighted by atomic mass is 10.2. The van der Waals surface area contributed by atoms with Crippen molar-refractivity contribution in [3.05, 3.63) is 39.8 Å². The molecule has 0 aliphatic carbocycles.